The molecular weight excluding hydrogens is 346 g/mol. The Morgan fingerprint density at radius 3 is 2.04 bits per heavy atom. The highest BCUT2D eigenvalue weighted by Gasteiger charge is 2.30. The summed E-state index contributed by atoms with van der Waals surface area (Å²) in [5.41, 5.74) is 7.28. The van der Waals surface area contributed by atoms with Gasteiger partial charge in [-0.15, -0.1) is 0 Å². The average Bonchev–Trinajstić information content (AvgIpc) is 2.66. The van der Waals surface area contributed by atoms with Crippen molar-refractivity contribution in [2.24, 2.45) is 11.7 Å². The van der Waals surface area contributed by atoms with Gasteiger partial charge in [-0.3, -0.25) is 19.4 Å². The minimum Gasteiger partial charge on any atom is -0.369 e. The topological polar surface area (TPSA) is 66.6 Å². The summed E-state index contributed by atoms with van der Waals surface area (Å²) in [7, 11) is 0. The van der Waals surface area contributed by atoms with E-state index in [0.29, 0.717) is 6.54 Å². The fourth-order valence-corrected chi connectivity index (χ4v) is 4.67. The Labute approximate surface area is 157 Å². The van der Waals surface area contributed by atoms with Gasteiger partial charge in [-0.25, -0.2) is 0 Å². The summed E-state index contributed by atoms with van der Waals surface area (Å²) < 4.78 is 0. The first-order chi connectivity index (χ1) is 12.6. The molecule has 0 aliphatic carbocycles. The Hall–Kier alpha value is -2.31. The van der Waals surface area contributed by atoms with Gasteiger partial charge in [0.15, 0.2) is 0 Å². The van der Waals surface area contributed by atoms with Gasteiger partial charge in [0.05, 0.1) is 17.9 Å². The molecule has 1 fully saturated rings. The van der Waals surface area contributed by atoms with E-state index in [0.717, 1.165) is 47.1 Å². The number of anilines is 2. The smallest absolute Gasteiger partial charge is 0.245 e. The lowest BCUT2D eigenvalue weighted by molar-refractivity contribution is -0.123. The van der Waals surface area contributed by atoms with Crippen molar-refractivity contribution in [3.05, 3.63) is 48.5 Å². The number of nitrogens with zero attached hydrogens (tertiary/aromatic N) is 2. The lowest BCUT2D eigenvalue weighted by Gasteiger charge is -2.34. The minimum atomic E-state index is -0.230. The van der Waals surface area contributed by atoms with Crippen LogP contribution in [0.25, 0.3) is 0 Å². The molecule has 134 valence electrons. The maximum Gasteiger partial charge on any atom is 0.245 e. The Morgan fingerprint density at radius 1 is 0.962 bits per heavy atom. The van der Waals surface area contributed by atoms with Gasteiger partial charge in [0.25, 0.3) is 0 Å². The predicted octanol–water partition coefficient (Wildman–Crippen LogP) is 3.01. The monoisotopic (exact) mass is 367 g/mol. The van der Waals surface area contributed by atoms with Crippen LogP contribution in [0.1, 0.15) is 12.8 Å². The van der Waals surface area contributed by atoms with E-state index in [2.05, 4.69) is 17.0 Å². The van der Waals surface area contributed by atoms with Gasteiger partial charge in [-0.05, 0) is 50.2 Å². The third-order valence-electron chi connectivity index (χ3n) is 5.03. The van der Waals surface area contributed by atoms with Crippen LogP contribution in [0, 0.1) is 5.92 Å². The molecule has 2 aliphatic rings. The van der Waals surface area contributed by atoms with Crippen molar-refractivity contribution in [2.45, 2.75) is 22.6 Å². The van der Waals surface area contributed by atoms with Crippen molar-refractivity contribution >= 4 is 35.0 Å². The van der Waals surface area contributed by atoms with Crippen LogP contribution in [0.5, 0.6) is 0 Å². The molecule has 0 radical (unpaired) electrons. The quantitative estimate of drug-likeness (QED) is 0.906. The molecule has 6 heteroatoms. The second-order valence-corrected chi connectivity index (χ2v) is 7.80. The summed E-state index contributed by atoms with van der Waals surface area (Å²) in [4.78, 5) is 30.7. The van der Waals surface area contributed by atoms with Crippen LogP contribution in [-0.2, 0) is 9.59 Å². The second-order valence-electron chi connectivity index (χ2n) is 6.72. The van der Waals surface area contributed by atoms with Gasteiger partial charge < -0.3 is 5.73 Å². The van der Waals surface area contributed by atoms with Crippen molar-refractivity contribution in [3.63, 3.8) is 0 Å². The maximum absolute atomic E-state index is 13.2. The van der Waals surface area contributed by atoms with Crippen molar-refractivity contribution in [1.29, 1.82) is 0 Å². The van der Waals surface area contributed by atoms with E-state index >= 15 is 0 Å². The number of benzene rings is 2. The van der Waals surface area contributed by atoms with Crippen LogP contribution in [0.3, 0.4) is 0 Å². The number of carbonyl (C=O) groups excluding carboxylic acids is 2. The molecule has 2 heterocycles. The third-order valence-corrected chi connectivity index (χ3v) is 6.16. The molecule has 26 heavy (non-hydrogen) atoms. The van der Waals surface area contributed by atoms with Crippen LogP contribution in [-0.4, -0.2) is 36.3 Å². The summed E-state index contributed by atoms with van der Waals surface area (Å²) in [5.74, 6) is -0.233. The number of amides is 2. The molecule has 4 rings (SSSR count). The van der Waals surface area contributed by atoms with Crippen molar-refractivity contribution in [1.82, 2.24) is 4.90 Å². The molecule has 2 aromatic rings. The fraction of sp³-hybridized carbons (Fsp3) is 0.300. The maximum atomic E-state index is 13.2. The number of rotatable bonds is 3. The zero-order chi connectivity index (χ0) is 18.1. The normalized spacial score (nSPS) is 17.5. The summed E-state index contributed by atoms with van der Waals surface area (Å²) in [6.07, 6.45) is 1.46. The number of primary amides is 1. The van der Waals surface area contributed by atoms with Gasteiger partial charge in [0, 0.05) is 15.7 Å². The van der Waals surface area contributed by atoms with E-state index in [1.807, 2.05) is 41.3 Å². The number of hydrogen-bond donors (Lipinski definition) is 1. The molecule has 0 atom stereocenters. The Morgan fingerprint density at radius 2 is 1.50 bits per heavy atom. The Kier molecular flexibility index (Phi) is 4.70. The molecule has 0 saturated carbocycles. The molecule has 5 nitrogen and oxygen atoms in total. The van der Waals surface area contributed by atoms with E-state index in [1.165, 1.54) is 0 Å². The van der Waals surface area contributed by atoms with Crippen LogP contribution in [0.4, 0.5) is 11.4 Å². The number of likely N-dealkylation sites (tertiary alicyclic amines) is 1. The predicted molar refractivity (Wildman–Crippen MR) is 103 cm³/mol. The first-order valence-electron chi connectivity index (χ1n) is 8.84. The number of carbonyl (C=O) groups is 2. The van der Waals surface area contributed by atoms with Gasteiger partial charge in [0.2, 0.25) is 11.8 Å². The minimum absolute atomic E-state index is 0.0581. The molecule has 0 aromatic heterocycles. The highest BCUT2D eigenvalue weighted by atomic mass is 32.2. The molecule has 0 bridgehead atoms. The lowest BCUT2D eigenvalue weighted by Crippen LogP contribution is -2.44. The highest BCUT2D eigenvalue weighted by molar-refractivity contribution is 7.99. The van der Waals surface area contributed by atoms with E-state index in [-0.39, 0.29) is 17.7 Å². The van der Waals surface area contributed by atoms with Crippen LogP contribution < -0.4 is 10.6 Å². The second kappa shape index (κ2) is 7.13. The molecule has 0 spiro atoms. The van der Waals surface area contributed by atoms with Gasteiger partial charge in [0.1, 0.15) is 0 Å². The molecule has 2 N–H and O–H groups in total. The van der Waals surface area contributed by atoms with E-state index < -0.39 is 0 Å². The first kappa shape index (κ1) is 17.1. The largest absolute Gasteiger partial charge is 0.369 e. The fourth-order valence-electron chi connectivity index (χ4n) is 3.61. The lowest BCUT2D eigenvalue weighted by atomic mass is 9.96. The molecule has 2 amide bonds. The summed E-state index contributed by atoms with van der Waals surface area (Å²) >= 11 is 1.69. The number of fused-ring (bicyclic) bond motifs is 2. The first-order valence-corrected chi connectivity index (χ1v) is 9.65. The zero-order valence-electron chi connectivity index (χ0n) is 14.4. The number of nitrogens with two attached hydrogens (primary N) is 1. The number of piperidine rings is 1. The molecule has 2 aliphatic heterocycles. The van der Waals surface area contributed by atoms with Crippen LogP contribution in [0.2, 0.25) is 0 Å². The average molecular weight is 367 g/mol. The van der Waals surface area contributed by atoms with E-state index in [4.69, 9.17) is 5.73 Å². The van der Waals surface area contributed by atoms with E-state index in [9.17, 15) is 9.59 Å². The molecule has 0 unspecified atom stereocenters. The summed E-state index contributed by atoms with van der Waals surface area (Å²) in [6.45, 7) is 1.80. The van der Waals surface area contributed by atoms with Crippen molar-refractivity contribution < 1.29 is 9.59 Å². The van der Waals surface area contributed by atoms with Crippen LogP contribution in [0.15, 0.2) is 58.3 Å². The van der Waals surface area contributed by atoms with Gasteiger partial charge in [-0.1, -0.05) is 36.0 Å². The molecule has 1 saturated heterocycles. The summed E-state index contributed by atoms with van der Waals surface area (Å²) in [6, 6.07) is 16.0. The van der Waals surface area contributed by atoms with Gasteiger partial charge >= 0.3 is 0 Å². The number of hydrogen-bond acceptors (Lipinski definition) is 4. The Balaban J connectivity index is 1.56. The standard InChI is InChI=1S/C20H21N3O2S/c21-20(25)14-9-11-22(12-10-14)13-19(24)23-15-5-1-3-7-17(15)26-18-8-4-2-6-16(18)23/h1-8,14H,9-13H2,(H2,21,25). The number of para-hydroxylation sites is 2. The summed E-state index contributed by atoms with van der Waals surface area (Å²) in [5, 5.41) is 0. The Bertz CT molecular complexity index is 801. The third kappa shape index (κ3) is 3.22. The van der Waals surface area contributed by atoms with Crippen molar-refractivity contribution in [3.8, 4) is 0 Å². The zero-order valence-corrected chi connectivity index (χ0v) is 15.2. The molecule has 2 aromatic carbocycles. The highest BCUT2D eigenvalue weighted by Crippen LogP contribution is 2.47. The van der Waals surface area contributed by atoms with E-state index in [1.54, 1.807) is 11.8 Å². The molecular formula is C20H21N3O2S. The van der Waals surface area contributed by atoms with Crippen LogP contribution >= 0.6 is 11.8 Å². The SMILES string of the molecule is NC(=O)C1CCN(CC(=O)N2c3ccccc3Sc3ccccc32)CC1. The van der Waals surface area contributed by atoms with Gasteiger partial charge in [-0.2, -0.15) is 0 Å². The van der Waals surface area contributed by atoms with Crippen molar-refractivity contribution in [2.75, 3.05) is 24.5 Å².